The van der Waals surface area contributed by atoms with Gasteiger partial charge in [-0.3, -0.25) is 4.79 Å². The van der Waals surface area contributed by atoms with Gasteiger partial charge in [0.25, 0.3) is 0 Å². The predicted octanol–water partition coefficient (Wildman–Crippen LogP) is 4.27. The van der Waals surface area contributed by atoms with Crippen LogP contribution < -0.4 is 0 Å². The maximum absolute atomic E-state index is 11.9. The first-order chi connectivity index (χ1) is 11.4. The zero-order chi connectivity index (χ0) is 17.2. The molecule has 3 fully saturated rings. The van der Waals surface area contributed by atoms with E-state index in [0.717, 1.165) is 51.4 Å². The summed E-state index contributed by atoms with van der Waals surface area (Å²) in [5, 5.41) is 11.2. The zero-order valence-electron chi connectivity index (χ0n) is 15.1. The van der Waals surface area contributed by atoms with Crippen molar-refractivity contribution in [3.05, 3.63) is 11.6 Å². The van der Waals surface area contributed by atoms with Crippen LogP contribution in [0.2, 0.25) is 0 Å². The fourth-order valence-electron chi connectivity index (χ4n) is 7.26. The summed E-state index contributed by atoms with van der Waals surface area (Å²) in [6, 6.07) is 0. The SMILES string of the molecule is C#C[C@]1(O)CC[C@H]2[C@@H]3CC=C4CC(=O)CC[C@]4(C)[C@H]3CC[C@@]21CC. The van der Waals surface area contributed by atoms with Crippen LogP contribution in [0.3, 0.4) is 0 Å². The summed E-state index contributed by atoms with van der Waals surface area (Å²) in [7, 11) is 0. The van der Waals surface area contributed by atoms with Gasteiger partial charge in [0.1, 0.15) is 11.4 Å². The second-order valence-electron chi connectivity index (χ2n) is 9.07. The van der Waals surface area contributed by atoms with Gasteiger partial charge in [-0.15, -0.1) is 6.42 Å². The molecule has 0 aromatic rings. The Bertz CT molecular complexity index is 641. The summed E-state index contributed by atoms with van der Waals surface area (Å²) in [5.41, 5.74) is 0.613. The van der Waals surface area contributed by atoms with Crippen molar-refractivity contribution < 1.29 is 9.90 Å². The molecule has 0 heterocycles. The Morgan fingerprint density at radius 2 is 2.04 bits per heavy atom. The fraction of sp³-hybridized carbons (Fsp3) is 0.773. The van der Waals surface area contributed by atoms with Gasteiger partial charge >= 0.3 is 0 Å². The van der Waals surface area contributed by atoms with E-state index in [0.29, 0.717) is 30.0 Å². The first-order valence-electron chi connectivity index (χ1n) is 9.81. The number of aliphatic hydroxyl groups is 1. The summed E-state index contributed by atoms with van der Waals surface area (Å²) in [5.74, 6) is 5.04. The summed E-state index contributed by atoms with van der Waals surface area (Å²) in [4.78, 5) is 11.9. The molecule has 3 saturated carbocycles. The van der Waals surface area contributed by atoms with Crippen molar-refractivity contribution >= 4 is 5.78 Å². The Kier molecular flexibility index (Phi) is 3.56. The number of allylic oxidation sites excluding steroid dienone is 2. The average molecular weight is 326 g/mol. The van der Waals surface area contributed by atoms with E-state index in [4.69, 9.17) is 6.42 Å². The number of ketones is 1. The monoisotopic (exact) mass is 326 g/mol. The van der Waals surface area contributed by atoms with E-state index in [1.54, 1.807) is 0 Å². The number of terminal acetylenes is 1. The van der Waals surface area contributed by atoms with Crippen LogP contribution in [-0.2, 0) is 4.79 Å². The van der Waals surface area contributed by atoms with Crippen LogP contribution in [0.4, 0.5) is 0 Å². The van der Waals surface area contributed by atoms with Gasteiger partial charge in [-0.25, -0.2) is 0 Å². The zero-order valence-corrected chi connectivity index (χ0v) is 15.1. The molecular formula is C22H30O2. The van der Waals surface area contributed by atoms with Crippen LogP contribution in [0.25, 0.3) is 0 Å². The van der Waals surface area contributed by atoms with Crippen LogP contribution in [0.15, 0.2) is 11.6 Å². The second kappa shape index (κ2) is 5.21. The van der Waals surface area contributed by atoms with Crippen LogP contribution >= 0.6 is 0 Å². The first kappa shape index (κ1) is 16.4. The van der Waals surface area contributed by atoms with Gasteiger partial charge in [0.05, 0.1) is 0 Å². The van der Waals surface area contributed by atoms with E-state index < -0.39 is 5.60 Å². The van der Waals surface area contributed by atoms with Crippen LogP contribution in [0.5, 0.6) is 0 Å². The summed E-state index contributed by atoms with van der Waals surface area (Å²) >= 11 is 0. The molecule has 1 N–H and O–H groups in total. The minimum atomic E-state index is -0.912. The quantitative estimate of drug-likeness (QED) is 0.577. The number of carbonyl (C=O) groups excluding carboxylic acids is 1. The van der Waals surface area contributed by atoms with Crippen molar-refractivity contribution in [1.82, 2.24) is 0 Å². The molecule has 0 radical (unpaired) electrons. The Hall–Kier alpha value is -1.07. The number of hydrogen-bond donors (Lipinski definition) is 1. The molecule has 0 amide bonds. The van der Waals surface area contributed by atoms with Crippen molar-refractivity contribution in [1.29, 1.82) is 0 Å². The molecular weight excluding hydrogens is 296 g/mol. The largest absolute Gasteiger partial charge is 0.377 e. The predicted molar refractivity (Wildman–Crippen MR) is 95.1 cm³/mol. The Balaban J connectivity index is 1.72. The lowest BCUT2D eigenvalue weighted by Crippen LogP contribution is -2.55. The second-order valence-corrected chi connectivity index (χ2v) is 9.07. The van der Waals surface area contributed by atoms with Crippen molar-refractivity contribution in [3.8, 4) is 12.3 Å². The third kappa shape index (κ3) is 1.86. The van der Waals surface area contributed by atoms with Crippen molar-refractivity contribution in [3.63, 3.8) is 0 Å². The highest BCUT2D eigenvalue weighted by atomic mass is 16.3. The summed E-state index contributed by atoms with van der Waals surface area (Å²) in [6.45, 7) is 4.62. The Labute approximate surface area is 146 Å². The van der Waals surface area contributed by atoms with E-state index in [1.807, 2.05) is 0 Å². The lowest BCUT2D eigenvalue weighted by Gasteiger charge is -2.58. The topological polar surface area (TPSA) is 37.3 Å². The minimum absolute atomic E-state index is 0.0882. The van der Waals surface area contributed by atoms with Gasteiger partial charge in [0.15, 0.2) is 0 Å². The maximum atomic E-state index is 11.9. The van der Waals surface area contributed by atoms with E-state index in [9.17, 15) is 9.90 Å². The molecule has 130 valence electrons. The van der Waals surface area contributed by atoms with Gasteiger partial charge in [-0.2, -0.15) is 0 Å². The smallest absolute Gasteiger partial charge is 0.136 e. The standard InChI is InChI=1S/C22H30O2/c1-4-21-12-9-18-17(19(21)10-13-22(21,24)5-2)7-6-15-14-16(23)8-11-20(15,18)3/h2,6,17-19,24H,4,7-14H2,1,3H3/t17-,18+,19+,20+,21+,22+/m1/s1. The lowest BCUT2D eigenvalue weighted by atomic mass is 9.46. The molecule has 24 heavy (non-hydrogen) atoms. The summed E-state index contributed by atoms with van der Waals surface area (Å²) in [6.07, 6.45) is 16.7. The van der Waals surface area contributed by atoms with Gasteiger partial charge in [0, 0.05) is 18.3 Å². The molecule has 0 unspecified atom stereocenters. The molecule has 0 aromatic heterocycles. The molecule has 4 aliphatic rings. The van der Waals surface area contributed by atoms with Gasteiger partial charge in [0.2, 0.25) is 0 Å². The van der Waals surface area contributed by atoms with E-state index in [2.05, 4.69) is 25.8 Å². The van der Waals surface area contributed by atoms with Crippen molar-refractivity contribution in [2.45, 2.75) is 77.2 Å². The van der Waals surface area contributed by atoms with Crippen LogP contribution in [-0.4, -0.2) is 16.5 Å². The fourth-order valence-corrected chi connectivity index (χ4v) is 7.26. The molecule has 0 aromatic carbocycles. The van der Waals surface area contributed by atoms with Crippen molar-refractivity contribution in [2.24, 2.45) is 28.6 Å². The van der Waals surface area contributed by atoms with Crippen molar-refractivity contribution in [2.75, 3.05) is 0 Å². The Morgan fingerprint density at radius 1 is 1.29 bits per heavy atom. The average Bonchev–Trinajstić information content (AvgIpc) is 2.89. The number of carbonyl (C=O) groups is 1. The number of hydrogen-bond acceptors (Lipinski definition) is 2. The lowest BCUT2D eigenvalue weighted by molar-refractivity contribution is -0.125. The third-order valence-corrected chi connectivity index (χ3v) is 8.65. The third-order valence-electron chi connectivity index (χ3n) is 8.65. The van der Waals surface area contributed by atoms with Gasteiger partial charge < -0.3 is 5.11 Å². The maximum Gasteiger partial charge on any atom is 0.136 e. The normalized spacial score (nSPS) is 50.3. The van der Waals surface area contributed by atoms with Gasteiger partial charge in [-0.05, 0) is 68.1 Å². The number of rotatable bonds is 1. The number of Topliss-reactive ketones (excluding diaryl/α,β-unsaturated/α-hetero) is 1. The van der Waals surface area contributed by atoms with E-state index in [1.165, 1.54) is 5.57 Å². The van der Waals surface area contributed by atoms with Crippen LogP contribution in [0, 0.1) is 40.9 Å². The highest BCUT2D eigenvalue weighted by molar-refractivity contribution is 5.82. The number of fused-ring (bicyclic) bond motifs is 5. The molecule has 0 spiro atoms. The molecule has 6 atom stereocenters. The molecule has 0 bridgehead atoms. The Morgan fingerprint density at radius 3 is 2.75 bits per heavy atom. The molecule has 0 aliphatic heterocycles. The highest BCUT2D eigenvalue weighted by Crippen LogP contribution is 2.67. The molecule has 4 aliphatic carbocycles. The van der Waals surface area contributed by atoms with Crippen LogP contribution in [0.1, 0.15) is 71.6 Å². The highest BCUT2D eigenvalue weighted by Gasteiger charge is 2.64. The molecule has 4 rings (SSSR count). The molecule has 2 heteroatoms. The van der Waals surface area contributed by atoms with E-state index in [-0.39, 0.29) is 10.8 Å². The van der Waals surface area contributed by atoms with E-state index >= 15 is 0 Å². The minimum Gasteiger partial charge on any atom is -0.377 e. The molecule has 0 saturated heterocycles. The van der Waals surface area contributed by atoms with Gasteiger partial charge in [-0.1, -0.05) is 31.4 Å². The first-order valence-corrected chi connectivity index (χ1v) is 9.81. The molecule has 2 nitrogen and oxygen atoms in total. The summed E-state index contributed by atoms with van der Waals surface area (Å²) < 4.78 is 0.